The van der Waals surface area contributed by atoms with Gasteiger partial charge in [-0.05, 0) is 43.0 Å². The van der Waals surface area contributed by atoms with Gasteiger partial charge >= 0.3 is 0 Å². The Morgan fingerprint density at radius 1 is 1.27 bits per heavy atom. The van der Waals surface area contributed by atoms with Gasteiger partial charge in [0.15, 0.2) is 0 Å². The highest BCUT2D eigenvalue weighted by Gasteiger charge is 2.17. The van der Waals surface area contributed by atoms with E-state index in [0.717, 1.165) is 10.4 Å². The summed E-state index contributed by atoms with van der Waals surface area (Å²) in [6.45, 7) is 4.36. The molecule has 3 nitrogen and oxygen atoms in total. The van der Waals surface area contributed by atoms with Crippen molar-refractivity contribution in [3.63, 3.8) is 0 Å². The van der Waals surface area contributed by atoms with Crippen LogP contribution in [0, 0.1) is 0 Å². The monoisotopic (exact) mass is 356 g/mol. The Balaban J connectivity index is 1.89. The topological polar surface area (TPSA) is 41.1 Å². The van der Waals surface area contributed by atoms with Gasteiger partial charge in [0.25, 0.3) is 0 Å². The van der Waals surface area contributed by atoms with Crippen LogP contribution in [-0.4, -0.2) is 11.9 Å². The fourth-order valence-electron chi connectivity index (χ4n) is 2.13. The third kappa shape index (κ3) is 4.71. The molecule has 6 heteroatoms. The predicted octanol–water partition coefficient (Wildman–Crippen LogP) is 4.41. The summed E-state index contributed by atoms with van der Waals surface area (Å²) in [5.74, 6) is -0.0367. The SMILES string of the molecule is C[C@@H](N[C@H](C)c1ccc(Cl)cc1Cl)C(=O)NCc1cccs1. The second-order valence-corrected chi connectivity index (χ2v) is 6.95. The average Bonchev–Trinajstić information content (AvgIpc) is 2.97. The molecule has 1 amide bonds. The van der Waals surface area contributed by atoms with E-state index >= 15 is 0 Å². The van der Waals surface area contributed by atoms with Crippen molar-refractivity contribution in [2.24, 2.45) is 0 Å². The predicted molar refractivity (Wildman–Crippen MR) is 93.6 cm³/mol. The third-order valence-electron chi connectivity index (χ3n) is 3.34. The Labute approximate surface area is 144 Å². The summed E-state index contributed by atoms with van der Waals surface area (Å²) in [7, 11) is 0. The molecule has 0 saturated heterocycles. The molecule has 0 bridgehead atoms. The number of carbonyl (C=O) groups is 1. The Morgan fingerprint density at radius 3 is 2.68 bits per heavy atom. The first-order valence-corrected chi connectivity index (χ1v) is 8.62. The van der Waals surface area contributed by atoms with E-state index in [1.54, 1.807) is 23.5 Å². The molecule has 0 aliphatic carbocycles. The van der Waals surface area contributed by atoms with E-state index in [0.29, 0.717) is 16.6 Å². The fraction of sp³-hybridized carbons (Fsp3) is 0.312. The van der Waals surface area contributed by atoms with Crippen molar-refractivity contribution in [1.29, 1.82) is 0 Å². The number of nitrogens with one attached hydrogen (secondary N) is 2. The highest BCUT2D eigenvalue weighted by Crippen LogP contribution is 2.26. The van der Waals surface area contributed by atoms with Crippen molar-refractivity contribution in [3.05, 3.63) is 56.2 Å². The van der Waals surface area contributed by atoms with Gasteiger partial charge in [-0.25, -0.2) is 0 Å². The van der Waals surface area contributed by atoms with Gasteiger partial charge in [0.2, 0.25) is 5.91 Å². The summed E-state index contributed by atoms with van der Waals surface area (Å²) in [5.41, 5.74) is 0.920. The first kappa shape index (κ1) is 17.3. The van der Waals surface area contributed by atoms with Crippen molar-refractivity contribution in [2.45, 2.75) is 32.5 Å². The lowest BCUT2D eigenvalue weighted by Gasteiger charge is -2.21. The van der Waals surface area contributed by atoms with E-state index in [4.69, 9.17) is 23.2 Å². The number of rotatable bonds is 6. The molecule has 0 saturated carbocycles. The maximum Gasteiger partial charge on any atom is 0.237 e. The summed E-state index contributed by atoms with van der Waals surface area (Å²) in [4.78, 5) is 13.3. The van der Waals surface area contributed by atoms with Gasteiger partial charge in [-0.2, -0.15) is 0 Å². The van der Waals surface area contributed by atoms with Crippen LogP contribution in [0.3, 0.4) is 0 Å². The lowest BCUT2D eigenvalue weighted by Crippen LogP contribution is -2.42. The molecule has 118 valence electrons. The van der Waals surface area contributed by atoms with Crippen LogP contribution >= 0.6 is 34.5 Å². The summed E-state index contributed by atoms with van der Waals surface area (Å²) in [6.07, 6.45) is 0. The van der Waals surface area contributed by atoms with Crippen molar-refractivity contribution in [1.82, 2.24) is 10.6 Å². The van der Waals surface area contributed by atoms with Crippen molar-refractivity contribution < 1.29 is 4.79 Å². The minimum Gasteiger partial charge on any atom is -0.350 e. The smallest absolute Gasteiger partial charge is 0.237 e. The second kappa shape index (κ2) is 7.97. The highest BCUT2D eigenvalue weighted by atomic mass is 35.5. The molecule has 2 aromatic rings. The van der Waals surface area contributed by atoms with Crippen molar-refractivity contribution >= 4 is 40.4 Å². The molecule has 0 radical (unpaired) electrons. The number of hydrogen-bond donors (Lipinski definition) is 2. The van der Waals surface area contributed by atoms with Crippen LogP contribution in [0.2, 0.25) is 10.0 Å². The van der Waals surface area contributed by atoms with Crippen LogP contribution in [0.15, 0.2) is 35.7 Å². The lowest BCUT2D eigenvalue weighted by molar-refractivity contribution is -0.123. The van der Waals surface area contributed by atoms with Crippen LogP contribution in [-0.2, 0) is 11.3 Å². The lowest BCUT2D eigenvalue weighted by atomic mass is 10.1. The van der Waals surface area contributed by atoms with Crippen LogP contribution in [0.4, 0.5) is 0 Å². The van der Waals surface area contributed by atoms with Gasteiger partial charge in [-0.3, -0.25) is 10.1 Å². The molecular weight excluding hydrogens is 339 g/mol. The third-order valence-corrected chi connectivity index (χ3v) is 4.78. The van der Waals surface area contributed by atoms with Gasteiger partial charge in [-0.1, -0.05) is 35.3 Å². The second-order valence-electron chi connectivity index (χ2n) is 5.07. The van der Waals surface area contributed by atoms with Gasteiger partial charge in [0, 0.05) is 21.0 Å². The molecule has 0 aliphatic rings. The minimum atomic E-state index is -0.318. The molecular formula is C16H18Cl2N2OS. The largest absolute Gasteiger partial charge is 0.350 e. The number of amides is 1. The van der Waals surface area contributed by atoms with E-state index in [-0.39, 0.29) is 18.0 Å². The molecule has 0 aliphatic heterocycles. The van der Waals surface area contributed by atoms with Gasteiger partial charge in [0.05, 0.1) is 12.6 Å². The first-order chi connectivity index (χ1) is 10.5. The summed E-state index contributed by atoms with van der Waals surface area (Å²) < 4.78 is 0. The van der Waals surface area contributed by atoms with Gasteiger partial charge < -0.3 is 5.32 Å². The summed E-state index contributed by atoms with van der Waals surface area (Å²) in [5, 5.41) is 9.36. The number of halogens is 2. The van der Waals surface area contributed by atoms with Crippen LogP contribution < -0.4 is 10.6 Å². The van der Waals surface area contributed by atoms with Crippen LogP contribution in [0.5, 0.6) is 0 Å². The zero-order valence-corrected chi connectivity index (χ0v) is 14.7. The van der Waals surface area contributed by atoms with E-state index < -0.39 is 0 Å². The first-order valence-electron chi connectivity index (χ1n) is 6.98. The molecule has 22 heavy (non-hydrogen) atoms. The average molecular weight is 357 g/mol. The molecule has 0 spiro atoms. The Hall–Kier alpha value is -1.07. The fourth-order valence-corrected chi connectivity index (χ4v) is 3.35. The maximum absolute atomic E-state index is 12.1. The molecule has 2 N–H and O–H groups in total. The molecule has 2 rings (SSSR count). The number of carbonyl (C=O) groups excluding carboxylic acids is 1. The molecule has 1 aromatic heterocycles. The molecule has 1 heterocycles. The maximum atomic E-state index is 12.1. The number of benzene rings is 1. The highest BCUT2D eigenvalue weighted by molar-refractivity contribution is 7.09. The number of hydrogen-bond acceptors (Lipinski definition) is 3. The molecule has 1 aromatic carbocycles. The zero-order chi connectivity index (χ0) is 16.1. The Morgan fingerprint density at radius 2 is 2.05 bits per heavy atom. The van der Waals surface area contributed by atoms with Crippen molar-refractivity contribution in [3.8, 4) is 0 Å². The summed E-state index contributed by atoms with van der Waals surface area (Å²) >= 11 is 13.7. The molecule has 0 unspecified atom stereocenters. The molecule has 0 fully saturated rings. The van der Waals surface area contributed by atoms with E-state index in [9.17, 15) is 4.79 Å². The van der Waals surface area contributed by atoms with Crippen molar-refractivity contribution in [2.75, 3.05) is 0 Å². The van der Waals surface area contributed by atoms with Crippen LogP contribution in [0.25, 0.3) is 0 Å². The van der Waals surface area contributed by atoms with E-state index in [1.807, 2.05) is 37.4 Å². The number of thiophene rings is 1. The van der Waals surface area contributed by atoms with Crippen LogP contribution in [0.1, 0.15) is 30.3 Å². The minimum absolute atomic E-state index is 0.0367. The van der Waals surface area contributed by atoms with Gasteiger partial charge in [-0.15, -0.1) is 11.3 Å². The normalized spacial score (nSPS) is 13.6. The molecule has 2 atom stereocenters. The Bertz CT molecular complexity index is 631. The zero-order valence-electron chi connectivity index (χ0n) is 12.4. The van der Waals surface area contributed by atoms with Gasteiger partial charge in [0.1, 0.15) is 0 Å². The van der Waals surface area contributed by atoms with E-state index in [1.165, 1.54) is 0 Å². The summed E-state index contributed by atoms with van der Waals surface area (Å²) in [6, 6.07) is 8.98. The standard InChI is InChI=1S/C16H18Cl2N2OS/c1-10(14-6-5-12(17)8-15(14)18)20-11(2)16(21)19-9-13-4-3-7-22-13/h3-8,10-11,20H,9H2,1-2H3,(H,19,21)/t10-,11-/m1/s1. The van der Waals surface area contributed by atoms with E-state index in [2.05, 4.69) is 10.6 Å². The Kier molecular flexibility index (Phi) is 6.26. The quantitative estimate of drug-likeness (QED) is 0.804.